The van der Waals surface area contributed by atoms with Crippen molar-refractivity contribution in [3.63, 3.8) is 0 Å². The summed E-state index contributed by atoms with van der Waals surface area (Å²) in [5.41, 5.74) is 0. The van der Waals surface area contributed by atoms with Gasteiger partial charge in [-0.25, -0.2) is 0 Å². The van der Waals surface area contributed by atoms with Gasteiger partial charge in [0.15, 0.2) is 5.96 Å². The van der Waals surface area contributed by atoms with Crippen LogP contribution < -0.4 is 10.6 Å². The monoisotopic (exact) mass is 382 g/mol. The zero-order valence-corrected chi connectivity index (χ0v) is 17.2. The van der Waals surface area contributed by atoms with Gasteiger partial charge in [-0.05, 0) is 51.4 Å². The maximum atomic E-state index is 12.3. The van der Waals surface area contributed by atoms with E-state index in [-0.39, 0.29) is 5.91 Å². The van der Waals surface area contributed by atoms with Crippen LogP contribution in [0.2, 0.25) is 0 Å². The molecule has 7 nitrogen and oxygen atoms in total. The van der Waals surface area contributed by atoms with Gasteiger partial charge in [-0.1, -0.05) is 0 Å². The number of nitrogens with one attached hydrogen (secondary N) is 2. The molecule has 1 amide bonds. The third kappa shape index (κ3) is 8.47. The molecule has 0 spiro atoms. The lowest BCUT2D eigenvalue weighted by molar-refractivity contribution is -0.134. The van der Waals surface area contributed by atoms with Crippen LogP contribution in [0.15, 0.2) is 4.99 Å². The van der Waals surface area contributed by atoms with Crippen LogP contribution in [0.25, 0.3) is 0 Å². The lowest BCUT2D eigenvalue weighted by Gasteiger charge is -2.33. The summed E-state index contributed by atoms with van der Waals surface area (Å²) < 4.78 is 11.1. The first kappa shape index (κ1) is 22.0. The van der Waals surface area contributed by atoms with Crippen LogP contribution in [-0.2, 0) is 14.3 Å². The highest BCUT2D eigenvalue weighted by molar-refractivity contribution is 5.81. The molecule has 0 aromatic carbocycles. The second-order valence-corrected chi connectivity index (χ2v) is 7.59. The Kier molecular flexibility index (Phi) is 10.5. The first-order valence-electron chi connectivity index (χ1n) is 10.6. The van der Waals surface area contributed by atoms with Gasteiger partial charge < -0.3 is 25.0 Å². The Morgan fingerprint density at radius 1 is 1.19 bits per heavy atom. The molecule has 2 aliphatic rings. The summed E-state index contributed by atoms with van der Waals surface area (Å²) in [6.45, 7) is 7.82. The van der Waals surface area contributed by atoms with Crippen molar-refractivity contribution in [2.24, 2.45) is 10.9 Å². The van der Waals surface area contributed by atoms with Gasteiger partial charge >= 0.3 is 0 Å². The number of guanidine groups is 1. The predicted octanol–water partition coefficient (Wildman–Crippen LogP) is 1.78. The minimum atomic E-state index is 0.242. The quantitative estimate of drug-likeness (QED) is 0.361. The molecule has 0 radical (unpaired) electrons. The lowest BCUT2D eigenvalue weighted by atomic mass is 10.0. The summed E-state index contributed by atoms with van der Waals surface area (Å²) in [7, 11) is 1.76. The van der Waals surface area contributed by atoms with Crippen molar-refractivity contribution in [2.45, 2.75) is 57.9 Å². The third-order valence-corrected chi connectivity index (χ3v) is 5.43. The first-order chi connectivity index (χ1) is 13.2. The zero-order chi connectivity index (χ0) is 19.3. The second-order valence-electron chi connectivity index (χ2n) is 7.59. The molecule has 7 heteroatoms. The highest BCUT2D eigenvalue weighted by Crippen LogP contribution is 2.17. The Hall–Kier alpha value is -1.34. The molecule has 0 saturated carbocycles. The number of likely N-dealkylation sites (tertiary alicyclic amines) is 1. The topological polar surface area (TPSA) is 75.2 Å². The predicted molar refractivity (Wildman–Crippen MR) is 108 cm³/mol. The largest absolute Gasteiger partial charge is 0.381 e. The molecule has 0 aromatic rings. The molecule has 1 atom stereocenters. The molecule has 2 saturated heterocycles. The van der Waals surface area contributed by atoms with Crippen molar-refractivity contribution < 1.29 is 14.3 Å². The molecule has 0 aromatic heterocycles. The Morgan fingerprint density at radius 3 is 2.70 bits per heavy atom. The van der Waals surface area contributed by atoms with Crippen molar-refractivity contribution in [1.82, 2.24) is 15.5 Å². The average molecular weight is 383 g/mol. The van der Waals surface area contributed by atoms with Crippen molar-refractivity contribution in [3.8, 4) is 0 Å². The molecule has 2 rings (SSSR count). The molecule has 2 fully saturated rings. The Labute approximate surface area is 164 Å². The number of hydrogen-bond donors (Lipinski definition) is 2. The summed E-state index contributed by atoms with van der Waals surface area (Å²) >= 11 is 0. The molecular formula is C20H38N4O3. The van der Waals surface area contributed by atoms with Crippen molar-refractivity contribution in [1.29, 1.82) is 0 Å². The van der Waals surface area contributed by atoms with Crippen LogP contribution in [0, 0.1) is 5.92 Å². The van der Waals surface area contributed by atoms with Gasteiger partial charge in [0.1, 0.15) is 0 Å². The van der Waals surface area contributed by atoms with E-state index in [0.29, 0.717) is 24.9 Å². The maximum Gasteiger partial charge on any atom is 0.224 e. The summed E-state index contributed by atoms with van der Waals surface area (Å²) in [5, 5.41) is 6.52. The number of piperidine rings is 1. The Bertz CT molecular complexity index is 453. The van der Waals surface area contributed by atoms with Gasteiger partial charge in [0.2, 0.25) is 5.91 Å². The van der Waals surface area contributed by atoms with Gasteiger partial charge in [-0.3, -0.25) is 9.79 Å². The molecular weight excluding hydrogens is 344 g/mol. The number of nitrogens with zero attached hydrogens (tertiary/aromatic N) is 2. The molecule has 1 unspecified atom stereocenters. The second kappa shape index (κ2) is 12.9. The number of carbonyl (C=O) groups excluding carboxylic acids is 1. The Balaban J connectivity index is 1.49. The van der Waals surface area contributed by atoms with Crippen LogP contribution >= 0.6 is 0 Å². The van der Waals surface area contributed by atoms with Crippen LogP contribution in [0.3, 0.4) is 0 Å². The third-order valence-electron chi connectivity index (χ3n) is 5.43. The van der Waals surface area contributed by atoms with E-state index in [9.17, 15) is 4.79 Å². The standard InChI is InChI=1S/C20H38N4O3/c1-17-6-3-4-12-24(17)19(25)7-11-23-20(21-2)22-10-5-13-27-16-18-8-14-26-15-9-18/h17-18H,3-16H2,1-2H3,(H2,21,22,23). The number of amides is 1. The average Bonchev–Trinajstić information content (AvgIpc) is 2.70. The number of hydrogen-bond acceptors (Lipinski definition) is 4. The smallest absolute Gasteiger partial charge is 0.224 e. The number of carbonyl (C=O) groups is 1. The Morgan fingerprint density at radius 2 is 1.96 bits per heavy atom. The number of aliphatic imine (C=N–C) groups is 1. The van der Waals surface area contributed by atoms with Crippen LogP contribution in [0.5, 0.6) is 0 Å². The summed E-state index contributed by atoms with van der Waals surface area (Å²) in [5.74, 6) is 1.65. The van der Waals surface area contributed by atoms with Gasteiger partial charge in [0.05, 0.1) is 0 Å². The maximum absolute atomic E-state index is 12.3. The minimum Gasteiger partial charge on any atom is -0.381 e. The van der Waals surface area contributed by atoms with Crippen molar-refractivity contribution in [3.05, 3.63) is 0 Å². The van der Waals surface area contributed by atoms with E-state index >= 15 is 0 Å². The summed E-state index contributed by atoms with van der Waals surface area (Å²) in [6.07, 6.45) is 7.17. The molecule has 2 heterocycles. The van der Waals surface area contributed by atoms with E-state index < -0.39 is 0 Å². The SMILES string of the molecule is CN=C(NCCCOCC1CCOCC1)NCCC(=O)N1CCCCC1C. The molecule has 156 valence electrons. The van der Waals surface area contributed by atoms with Gasteiger partial charge in [-0.15, -0.1) is 0 Å². The molecule has 2 N–H and O–H groups in total. The van der Waals surface area contributed by atoms with Crippen LogP contribution in [-0.4, -0.2) is 75.9 Å². The first-order valence-corrected chi connectivity index (χ1v) is 10.6. The van der Waals surface area contributed by atoms with E-state index in [2.05, 4.69) is 22.5 Å². The number of ether oxygens (including phenoxy) is 2. The van der Waals surface area contributed by atoms with E-state index in [0.717, 1.165) is 77.6 Å². The van der Waals surface area contributed by atoms with Gasteiger partial charge in [-0.2, -0.15) is 0 Å². The van der Waals surface area contributed by atoms with Crippen molar-refractivity contribution in [2.75, 3.05) is 53.1 Å². The van der Waals surface area contributed by atoms with E-state index in [1.54, 1.807) is 7.05 Å². The molecule has 0 aliphatic carbocycles. The van der Waals surface area contributed by atoms with E-state index in [1.807, 2.05) is 4.90 Å². The fourth-order valence-corrected chi connectivity index (χ4v) is 3.66. The molecule has 0 bridgehead atoms. The van der Waals surface area contributed by atoms with Gasteiger partial charge in [0.25, 0.3) is 0 Å². The molecule has 2 aliphatic heterocycles. The van der Waals surface area contributed by atoms with E-state index in [1.165, 1.54) is 6.42 Å². The number of rotatable bonds is 9. The van der Waals surface area contributed by atoms with Crippen molar-refractivity contribution >= 4 is 11.9 Å². The highest BCUT2D eigenvalue weighted by Gasteiger charge is 2.22. The fraction of sp³-hybridized carbons (Fsp3) is 0.900. The minimum absolute atomic E-state index is 0.242. The van der Waals surface area contributed by atoms with Gasteiger partial charge in [0, 0.05) is 65.6 Å². The van der Waals surface area contributed by atoms with Crippen LogP contribution in [0.4, 0.5) is 0 Å². The summed E-state index contributed by atoms with van der Waals surface area (Å²) in [6, 6.07) is 0.379. The summed E-state index contributed by atoms with van der Waals surface area (Å²) in [4.78, 5) is 18.6. The molecule has 27 heavy (non-hydrogen) atoms. The fourth-order valence-electron chi connectivity index (χ4n) is 3.66. The normalized spacial score (nSPS) is 21.9. The highest BCUT2D eigenvalue weighted by atomic mass is 16.5. The lowest BCUT2D eigenvalue weighted by Crippen LogP contribution is -2.44. The van der Waals surface area contributed by atoms with Crippen LogP contribution in [0.1, 0.15) is 51.9 Å². The zero-order valence-electron chi connectivity index (χ0n) is 17.2. The van der Waals surface area contributed by atoms with E-state index in [4.69, 9.17) is 9.47 Å².